The number of H-pyrrole nitrogens is 1. The summed E-state index contributed by atoms with van der Waals surface area (Å²) in [5.41, 5.74) is 1.08. The van der Waals surface area contributed by atoms with E-state index in [0.717, 1.165) is 11.4 Å². The van der Waals surface area contributed by atoms with E-state index in [0.29, 0.717) is 32.8 Å². The highest BCUT2D eigenvalue weighted by molar-refractivity contribution is 5.93. The zero-order valence-electron chi connectivity index (χ0n) is 16.0. The number of aromatic amines is 1. The van der Waals surface area contributed by atoms with Crippen LogP contribution in [0.5, 0.6) is 0 Å². The fourth-order valence-corrected chi connectivity index (χ4v) is 4.50. The standard InChI is InChI=1S/C19H26N4O4/c1-4-26-8-7-23-11-19-6-5-14(27-19)15(16(19)18(23)25)17(24)22(3)10-13-9-12(2)20-21-13/h5-6,9,14-16H,4,7-8,10-11H2,1-3H3,(H,20,21)/t14-,15+,16-,19-/m0/s1. The van der Waals surface area contributed by atoms with Gasteiger partial charge in [-0.15, -0.1) is 0 Å². The second-order valence-electron chi connectivity index (χ2n) is 7.59. The van der Waals surface area contributed by atoms with Gasteiger partial charge in [-0.1, -0.05) is 12.2 Å². The van der Waals surface area contributed by atoms with E-state index in [4.69, 9.17) is 9.47 Å². The number of ether oxygens (including phenoxy) is 2. The highest BCUT2D eigenvalue weighted by Crippen LogP contribution is 2.52. The predicted octanol–water partition coefficient (Wildman–Crippen LogP) is 0.495. The van der Waals surface area contributed by atoms with E-state index in [1.165, 1.54) is 0 Å². The van der Waals surface area contributed by atoms with Crippen molar-refractivity contribution in [3.63, 3.8) is 0 Å². The van der Waals surface area contributed by atoms with E-state index in [1.807, 2.05) is 32.1 Å². The Morgan fingerprint density at radius 3 is 3.07 bits per heavy atom. The van der Waals surface area contributed by atoms with Gasteiger partial charge in [0.05, 0.1) is 43.3 Å². The van der Waals surface area contributed by atoms with Crippen LogP contribution in [0.25, 0.3) is 0 Å². The highest BCUT2D eigenvalue weighted by Gasteiger charge is 2.66. The zero-order chi connectivity index (χ0) is 19.2. The first kappa shape index (κ1) is 18.2. The number of aromatic nitrogens is 2. The molecule has 1 spiro atoms. The molecular weight excluding hydrogens is 348 g/mol. The van der Waals surface area contributed by atoms with E-state index in [-0.39, 0.29) is 17.9 Å². The van der Waals surface area contributed by atoms with Gasteiger partial charge in [-0.2, -0.15) is 5.10 Å². The average molecular weight is 374 g/mol. The lowest BCUT2D eigenvalue weighted by Crippen LogP contribution is -2.44. The molecule has 1 aromatic rings. The van der Waals surface area contributed by atoms with E-state index >= 15 is 0 Å². The summed E-state index contributed by atoms with van der Waals surface area (Å²) in [6.07, 6.45) is 3.58. The Kier molecular flexibility index (Phi) is 4.55. The van der Waals surface area contributed by atoms with Gasteiger partial charge in [0.25, 0.3) is 0 Å². The molecule has 2 saturated heterocycles. The third-order valence-corrected chi connectivity index (χ3v) is 5.71. The fourth-order valence-electron chi connectivity index (χ4n) is 4.50. The molecule has 27 heavy (non-hydrogen) atoms. The molecule has 8 nitrogen and oxygen atoms in total. The van der Waals surface area contributed by atoms with Crippen LogP contribution in [0.1, 0.15) is 18.3 Å². The topological polar surface area (TPSA) is 87.8 Å². The van der Waals surface area contributed by atoms with Gasteiger partial charge < -0.3 is 19.3 Å². The molecule has 0 aliphatic carbocycles. The van der Waals surface area contributed by atoms with Gasteiger partial charge >= 0.3 is 0 Å². The molecule has 2 fully saturated rings. The van der Waals surface area contributed by atoms with Gasteiger partial charge in [0, 0.05) is 25.9 Å². The van der Waals surface area contributed by atoms with E-state index < -0.39 is 17.4 Å². The van der Waals surface area contributed by atoms with E-state index in [1.54, 1.807) is 16.8 Å². The van der Waals surface area contributed by atoms with Crippen molar-refractivity contribution in [2.24, 2.45) is 11.8 Å². The van der Waals surface area contributed by atoms with Crippen LogP contribution in [-0.2, 0) is 25.6 Å². The maximum atomic E-state index is 13.2. The van der Waals surface area contributed by atoms with Crippen LogP contribution in [-0.4, -0.2) is 76.9 Å². The van der Waals surface area contributed by atoms with Gasteiger partial charge in [-0.25, -0.2) is 0 Å². The second kappa shape index (κ2) is 6.76. The molecule has 2 bridgehead atoms. The zero-order valence-corrected chi connectivity index (χ0v) is 16.0. The average Bonchev–Trinajstić information content (AvgIpc) is 3.37. The maximum Gasteiger partial charge on any atom is 0.230 e. The van der Waals surface area contributed by atoms with E-state index in [2.05, 4.69) is 10.2 Å². The molecule has 3 aliphatic heterocycles. The number of fused-ring (bicyclic) bond motifs is 1. The smallest absolute Gasteiger partial charge is 0.230 e. The van der Waals surface area contributed by atoms with Gasteiger partial charge in [-0.3, -0.25) is 14.7 Å². The summed E-state index contributed by atoms with van der Waals surface area (Å²) < 4.78 is 11.5. The van der Waals surface area contributed by atoms with Gasteiger partial charge in [-0.05, 0) is 19.9 Å². The van der Waals surface area contributed by atoms with Crippen molar-refractivity contribution in [1.29, 1.82) is 0 Å². The van der Waals surface area contributed by atoms with Gasteiger partial charge in [0.1, 0.15) is 5.60 Å². The quantitative estimate of drug-likeness (QED) is 0.555. The SMILES string of the molecule is CCOCCN1C[C@]23C=C[C@H](O2)[C@@H](C(=O)N(C)Cc2cc(C)[nH]n2)[C@H]3C1=O. The molecule has 0 radical (unpaired) electrons. The molecule has 146 valence electrons. The number of nitrogens with zero attached hydrogens (tertiary/aromatic N) is 3. The van der Waals surface area contributed by atoms with Gasteiger partial charge in [0.15, 0.2) is 0 Å². The minimum atomic E-state index is -0.669. The Hall–Kier alpha value is -2.19. The Bertz CT molecular complexity index is 776. The molecule has 4 rings (SSSR count). The summed E-state index contributed by atoms with van der Waals surface area (Å²) in [6, 6.07) is 1.92. The number of carbonyl (C=O) groups excluding carboxylic acids is 2. The molecule has 2 amide bonds. The summed E-state index contributed by atoms with van der Waals surface area (Å²) >= 11 is 0. The number of amides is 2. The van der Waals surface area contributed by atoms with E-state index in [9.17, 15) is 9.59 Å². The molecule has 4 atom stereocenters. The second-order valence-corrected chi connectivity index (χ2v) is 7.59. The predicted molar refractivity (Wildman–Crippen MR) is 96.6 cm³/mol. The Morgan fingerprint density at radius 2 is 2.37 bits per heavy atom. The first-order valence-corrected chi connectivity index (χ1v) is 9.45. The summed E-state index contributed by atoms with van der Waals surface area (Å²) in [6.45, 7) is 6.38. The third kappa shape index (κ3) is 2.96. The first-order valence-electron chi connectivity index (χ1n) is 9.45. The minimum Gasteiger partial charge on any atom is -0.380 e. The molecule has 0 aromatic carbocycles. The molecule has 0 unspecified atom stereocenters. The number of aryl methyl sites for hydroxylation is 1. The van der Waals surface area contributed by atoms with Crippen LogP contribution in [0, 0.1) is 18.8 Å². The molecule has 1 aromatic heterocycles. The van der Waals surface area contributed by atoms with Crippen LogP contribution >= 0.6 is 0 Å². The van der Waals surface area contributed by atoms with Crippen LogP contribution in [0.3, 0.4) is 0 Å². The normalized spacial score (nSPS) is 31.0. The first-order chi connectivity index (χ1) is 12.9. The maximum absolute atomic E-state index is 13.2. The van der Waals surface area contributed by atoms with Crippen molar-refractivity contribution in [3.8, 4) is 0 Å². The summed E-state index contributed by atoms with van der Waals surface area (Å²) in [5, 5.41) is 7.08. The van der Waals surface area contributed by atoms with Crippen LogP contribution < -0.4 is 0 Å². The number of nitrogens with one attached hydrogen (secondary N) is 1. The molecular formula is C19H26N4O4. The molecule has 1 N–H and O–H groups in total. The minimum absolute atomic E-state index is 0.0103. The lowest BCUT2D eigenvalue weighted by atomic mass is 9.76. The summed E-state index contributed by atoms with van der Waals surface area (Å²) in [4.78, 5) is 29.6. The van der Waals surface area contributed by atoms with Crippen molar-refractivity contribution in [2.75, 3.05) is 33.4 Å². The largest absolute Gasteiger partial charge is 0.380 e. The Morgan fingerprint density at radius 1 is 1.56 bits per heavy atom. The summed E-state index contributed by atoms with van der Waals surface area (Å²) in [5.74, 6) is -1.02. The molecule has 0 saturated carbocycles. The van der Waals surface area contributed by atoms with Crippen LogP contribution in [0.2, 0.25) is 0 Å². The van der Waals surface area contributed by atoms with Crippen molar-refractivity contribution in [2.45, 2.75) is 32.1 Å². The molecule has 4 heterocycles. The lowest BCUT2D eigenvalue weighted by Gasteiger charge is -2.27. The van der Waals surface area contributed by atoms with Crippen molar-refractivity contribution in [3.05, 3.63) is 29.6 Å². The van der Waals surface area contributed by atoms with Crippen molar-refractivity contribution >= 4 is 11.8 Å². The fraction of sp³-hybridized carbons (Fsp3) is 0.632. The highest BCUT2D eigenvalue weighted by atomic mass is 16.5. The van der Waals surface area contributed by atoms with Crippen LogP contribution in [0.4, 0.5) is 0 Å². The number of rotatable bonds is 7. The third-order valence-electron chi connectivity index (χ3n) is 5.71. The number of hydrogen-bond donors (Lipinski definition) is 1. The van der Waals surface area contributed by atoms with Crippen molar-refractivity contribution in [1.82, 2.24) is 20.0 Å². The van der Waals surface area contributed by atoms with Crippen molar-refractivity contribution < 1.29 is 19.1 Å². The van der Waals surface area contributed by atoms with Crippen LogP contribution in [0.15, 0.2) is 18.2 Å². The Labute approximate surface area is 158 Å². The molecule has 3 aliphatic rings. The Balaban J connectivity index is 1.49. The van der Waals surface area contributed by atoms with Gasteiger partial charge in [0.2, 0.25) is 11.8 Å². The number of carbonyl (C=O) groups is 2. The monoisotopic (exact) mass is 374 g/mol. The number of hydrogen-bond acceptors (Lipinski definition) is 5. The number of likely N-dealkylation sites (tertiary alicyclic amines) is 1. The lowest BCUT2D eigenvalue weighted by molar-refractivity contribution is -0.143. The summed E-state index contributed by atoms with van der Waals surface area (Å²) in [7, 11) is 1.75. The molecule has 8 heteroatoms.